The number of rotatable bonds is 5. The summed E-state index contributed by atoms with van der Waals surface area (Å²) in [4.78, 5) is 27.8. The second-order valence-corrected chi connectivity index (χ2v) is 7.31. The summed E-state index contributed by atoms with van der Waals surface area (Å²) in [5, 5.41) is 14.5. The third-order valence-electron chi connectivity index (χ3n) is 4.05. The average molecular weight is 509 g/mol. The van der Waals surface area contributed by atoms with Gasteiger partial charge in [0, 0.05) is 15.5 Å². The molecule has 0 unspecified atom stereocenters. The van der Waals surface area contributed by atoms with Gasteiger partial charge in [0.1, 0.15) is 0 Å². The maximum Gasteiger partial charge on any atom is 0.337 e. The number of anilines is 3. The summed E-state index contributed by atoms with van der Waals surface area (Å²) >= 11 is 2.10. The SMILES string of the molecule is Cc1cc(I)ccc1Nc1c(C(=O)O)cc(C(=O)Nc2cccnc2)c(F)c1F. The van der Waals surface area contributed by atoms with E-state index < -0.39 is 40.3 Å². The van der Waals surface area contributed by atoms with Gasteiger partial charge in [-0.25, -0.2) is 13.6 Å². The minimum absolute atomic E-state index is 0.255. The molecule has 148 valence electrons. The lowest BCUT2D eigenvalue weighted by molar-refractivity contribution is 0.0697. The number of halogens is 3. The molecule has 0 aliphatic rings. The van der Waals surface area contributed by atoms with E-state index in [-0.39, 0.29) is 5.69 Å². The predicted molar refractivity (Wildman–Crippen MR) is 113 cm³/mol. The van der Waals surface area contributed by atoms with Crippen LogP contribution < -0.4 is 10.6 Å². The molecule has 0 saturated carbocycles. The number of carboxylic acids is 1. The lowest BCUT2D eigenvalue weighted by atomic mass is 10.0. The van der Waals surface area contributed by atoms with Crippen molar-refractivity contribution in [1.29, 1.82) is 0 Å². The quantitative estimate of drug-likeness (QED) is 0.423. The van der Waals surface area contributed by atoms with Crippen molar-refractivity contribution in [3.63, 3.8) is 0 Å². The molecule has 3 N–H and O–H groups in total. The second-order valence-electron chi connectivity index (χ2n) is 6.06. The van der Waals surface area contributed by atoms with E-state index in [2.05, 4.69) is 38.2 Å². The number of nitrogens with one attached hydrogen (secondary N) is 2. The topological polar surface area (TPSA) is 91.3 Å². The number of amides is 1. The van der Waals surface area contributed by atoms with Gasteiger partial charge in [-0.1, -0.05) is 0 Å². The van der Waals surface area contributed by atoms with Gasteiger partial charge < -0.3 is 15.7 Å². The molecule has 0 bridgehead atoms. The summed E-state index contributed by atoms with van der Waals surface area (Å²) in [5.41, 5.74) is -0.472. The number of benzene rings is 2. The Labute approximate surface area is 178 Å². The number of hydrogen-bond donors (Lipinski definition) is 3. The standard InChI is InChI=1S/C20H14F2IN3O3/c1-10-7-11(23)4-5-15(10)26-18-14(20(28)29)8-13(16(21)17(18)22)19(27)25-12-3-2-6-24-9-12/h2-9,26H,1H3,(H,25,27)(H,28,29). The smallest absolute Gasteiger partial charge is 0.337 e. The first-order chi connectivity index (χ1) is 13.8. The number of carboxylic acid groups (broad SMARTS) is 1. The molecule has 1 aromatic heterocycles. The van der Waals surface area contributed by atoms with E-state index in [1.165, 1.54) is 18.5 Å². The fourth-order valence-electron chi connectivity index (χ4n) is 2.62. The van der Waals surface area contributed by atoms with Crippen LogP contribution in [0.5, 0.6) is 0 Å². The lowest BCUT2D eigenvalue weighted by Crippen LogP contribution is -2.18. The van der Waals surface area contributed by atoms with Crippen LogP contribution in [0.2, 0.25) is 0 Å². The molecule has 3 aromatic rings. The highest BCUT2D eigenvalue weighted by molar-refractivity contribution is 14.1. The fourth-order valence-corrected chi connectivity index (χ4v) is 3.27. The highest BCUT2D eigenvalue weighted by atomic mass is 127. The average Bonchev–Trinajstić information content (AvgIpc) is 2.68. The van der Waals surface area contributed by atoms with Crippen molar-refractivity contribution in [3.8, 4) is 0 Å². The molecule has 1 amide bonds. The molecular formula is C20H14F2IN3O3. The number of carbonyl (C=O) groups is 2. The molecule has 3 rings (SSSR count). The molecule has 0 radical (unpaired) electrons. The van der Waals surface area contributed by atoms with E-state index in [1.807, 2.05) is 0 Å². The molecule has 2 aromatic carbocycles. The van der Waals surface area contributed by atoms with E-state index >= 15 is 0 Å². The number of pyridine rings is 1. The van der Waals surface area contributed by atoms with Crippen molar-refractivity contribution >= 4 is 51.5 Å². The Kier molecular flexibility index (Phi) is 6.06. The molecule has 1 heterocycles. The molecule has 0 atom stereocenters. The van der Waals surface area contributed by atoms with Crippen LogP contribution in [0.4, 0.5) is 25.8 Å². The Bertz CT molecular complexity index is 1110. The highest BCUT2D eigenvalue weighted by Gasteiger charge is 2.26. The highest BCUT2D eigenvalue weighted by Crippen LogP contribution is 2.31. The zero-order valence-corrected chi connectivity index (χ0v) is 17.1. The third-order valence-corrected chi connectivity index (χ3v) is 4.72. The first-order valence-electron chi connectivity index (χ1n) is 8.27. The largest absolute Gasteiger partial charge is 0.478 e. The normalized spacial score (nSPS) is 10.5. The first-order valence-corrected chi connectivity index (χ1v) is 9.35. The molecule has 6 nitrogen and oxygen atoms in total. The van der Waals surface area contributed by atoms with Crippen molar-refractivity contribution in [1.82, 2.24) is 4.98 Å². The van der Waals surface area contributed by atoms with Crippen molar-refractivity contribution in [2.24, 2.45) is 0 Å². The fraction of sp³-hybridized carbons (Fsp3) is 0.0500. The molecule has 9 heteroatoms. The van der Waals surface area contributed by atoms with E-state index in [1.54, 1.807) is 31.2 Å². The van der Waals surface area contributed by atoms with Crippen LogP contribution in [-0.2, 0) is 0 Å². The van der Waals surface area contributed by atoms with Gasteiger partial charge in [-0.2, -0.15) is 0 Å². The summed E-state index contributed by atoms with van der Waals surface area (Å²) in [6.45, 7) is 1.74. The predicted octanol–water partition coefficient (Wildman–Crippen LogP) is 4.97. The number of aromatic carboxylic acids is 1. The van der Waals surface area contributed by atoms with Crippen LogP contribution in [0.25, 0.3) is 0 Å². The van der Waals surface area contributed by atoms with Gasteiger partial charge >= 0.3 is 5.97 Å². The minimum Gasteiger partial charge on any atom is -0.478 e. The Morgan fingerprint density at radius 3 is 2.48 bits per heavy atom. The summed E-state index contributed by atoms with van der Waals surface area (Å²) in [6.07, 6.45) is 2.80. The summed E-state index contributed by atoms with van der Waals surface area (Å²) in [5.74, 6) is -5.42. The molecule has 0 fully saturated rings. The number of aryl methyl sites for hydroxylation is 1. The van der Waals surface area contributed by atoms with Crippen LogP contribution >= 0.6 is 22.6 Å². The summed E-state index contributed by atoms with van der Waals surface area (Å²) < 4.78 is 30.4. The van der Waals surface area contributed by atoms with E-state index in [4.69, 9.17) is 0 Å². The maximum atomic E-state index is 14.8. The van der Waals surface area contributed by atoms with Crippen molar-refractivity contribution in [3.05, 3.63) is 80.7 Å². The number of nitrogens with zero attached hydrogens (tertiary/aromatic N) is 1. The van der Waals surface area contributed by atoms with E-state index in [0.29, 0.717) is 11.3 Å². The number of aromatic nitrogens is 1. The third kappa shape index (κ3) is 4.50. The van der Waals surface area contributed by atoms with Crippen LogP contribution in [0.1, 0.15) is 26.3 Å². The maximum absolute atomic E-state index is 14.8. The summed E-state index contributed by atoms with van der Waals surface area (Å²) in [7, 11) is 0. The number of hydrogen-bond acceptors (Lipinski definition) is 4. The van der Waals surface area contributed by atoms with E-state index in [9.17, 15) is 23.5 Å². The lowest BCUT2D eigenvalue weighted by Gasteiger charge is -2.15. The first kappa shape index (κ1) is 20.6. The molecule has 0 aliphatic heterocycles. The summed E-state index contributed by atoms with van der Waals surface area (Å²) in [6, 6.07) is 9.02. The van der Waals surface area contributed by atoms with Gasteiger partial charge in [-0.05, 0) is 71.5 Å². The van der Waals surface area contributed by atoms with Crippen LogP contribution in [-0.4, -0.2) is 22.0 Å². The van der Waals surface area contributed by atoms with Gasteiger partial charge in [-0.3, -0.25) is 9.78 Å². The van der Waals surface area contributed by atoms with Crippen LogP contribution in [0, 0.1) is 22.1 Å². The van der Waals surface area contributed by atoms with Crippen LogP contribution in [0.15, 0.2) is 48.8 Å². The molecule has 0 spiro atoms. The molecule has 0 aliphatic carbocycles. The number of carbonyl (C=O) groups excluding carboxylic acids is 1. The van der Waals surface area contributed by atoms with E-state index in [0.717, 1.165) is 9.64 Å². The van der Waals surface area contributed by atoms with Crippen LogP contribution in [0.3, 0.4) is 0 Å². The Morgan fingerprint density at radius 2 is 1.86 bits per heavy atom. The zero-order chi connectivity index (χ0) is 21.1. The monoisotopic (exact) mass is 509 g/mol. The molecular weight excluding hydrogens is 495 g/mol. The molecule has 0 saturated heterocycles. The Balaban J connectivity index is 2.04. The Hall–Kier alpha value is -3.08. The Morgan fingerprint density at radius 1 is 1.10 bits per heavy atom. The zero-order valence-electron chi connectivity index (χ0n) is 15.0. The van der Waals surface area contributed by atoms with Gasteiger partial charge in [0.25, 0.3) is 5.91 Å². The van der Waals surface area contributed by atoms with Gasteiger partial charge in [0.15, 0.2) is 11.6 Å². The van der Waals surface area contributed by atoms with Gasteiger partial charge in [0.05, 0.1) is 28.7 Å². The van der Waals surface area contributed by atoms with Crippen molar-refractivity contribution < 1.29 is 23.5 Å². The van der Waals surface area contributed by atoms with Gasteiger partial charge in [-0.15, -0.1) is 0 Å². The molecule has 29 heavy (non-hydrogen) atoms. The van der Waals surface area contributed by atoms with Crippen molar-refractivity contribution in [2.45, 2.75) is 6.92 Å². The minimum atomic E-state index is -1.51. The second kappa shape index (κ2) is 8.52. The van der Waals surface area contributed by atoms with Crippen molar-refractivity contribution in [2.75, 3.05) is 10.6 Å². The van der Waals surface area contributed by atoms with Gasteiger partial charge in [0.2, 0.25) is 0 Å².